The smallest absolute Gasteiger partial charge is 0.244 e. The van der Waals surface area contributed by atoms with Gasteiger partial charge in [0.1, 0.15) is 6.04 Å². The summed E-state index contributed by atoms with van der Waals surface area (Å²) in [6.07, 6.45) is 3.26. The third-order valence-corrected chi connectivity index (χ3v) is 2.81. The number of anilines is 2. The van der Waals surface area contributed by atoms with Crippen molar-refractivity contribution in [3.05, 3.63) is 18.5 Å². The number of amides is 1. The van der Waals surface area contributed by atoms with Gasteiger partial charge in [-0.05, 0) is 6.07 Å². The van der Waals surface area contributed by atoms with Crippen LogP contribution < -0.4 is 16.0 Å². The van der Waals surface area contributed by atoms with Crippen molar-refractivity contribution in [1.29, 1.82) is 0 Å². The third kappa shape index (κ3) is 2.31. The number of nitrogens with two attached hydrogens (primary N) is 1. The number of nitrogens with one attached hydrogen (secondary N) is 1. The second-order valence-corrected chi connectivity index (χ2v) is 3.83. The third-order valence-electron chi connectivity index (χ3n) is 2.81. The number of pyridine rings is 1. The highest BCUT2D eigenvalue weighted by atomic mass is 16.5. The SMILES string of the molecule is CNC(=O)C1COCCN1c1ccncc1N. The molecule has 1 aromatic heterocycles. The second-order valence-electron chi connectivity index (χ2n) is 3.83. The van der Waals surface area contributed by atoms with E-state index in [1.807, 2.05) is 11.0 Å². The molecular formula is C11H16N4O2. The van der Waals surface area contributed by atoms with Crippen molar-refractivity contribution in [2.75, 3.05) is 37.4 Å². The standard InChI is InChI=1S/C11H16N4O2/c1-13-11(16)10-7-17-5-4-15(10)9-2-3-14-6-8(9)12/h2-3,6,10H,4-5,7,12H2,1H3,(H,13,16). The van der Waals surface area contributed by atoms with Gasteiger partial charge in [-0.1, -0.05) is 0 Å². The Bertz CT molecular complexity index is 410. The molecule has 0 saturated carbocycles. The normalized spacial score (nSPS) is 20.1. The van der Waals surface area contributed by atoms with Crippen LogP contribution in [0.1, 0.15) is 0 Å². The molecule has 1 amide bonds. The molecule has 1 aromatic rings. The van der Waals surface area contributed by atoms with Crippen LogP contribution in [0.4, 0.5) is 11.4 Å². The van der Waals surface area contributed by atoms with Crippen molar-refractivity contribution in [1.82, 2.24) is 10.3 Å². The number of hydrogen-bond donors (Lipinski definition) is 2. The first kappa shape index (κ1) is 11.7. The summed E-state index contributed by atoms with van der Waals surface area (Å²) in [6.45, 7) is 1.61. The summed E-state index contributed by atoms with van der Waals surface area (Å²) in [5.41, 5.74) is 7.28. The minimum Gasteiger partial charge on any atom is -0.396 e. The first-order chi connectivity index (χ1) is 8.24. The van der Waals surface area contributed by atoms with Crippen LogP contribution in [0.15, 0.2) is 18.5 Å². The fourth-order valence-corrected chi connectivity index (χ4v) is 1.94. The zero-order valence-corrected chi connectivity index (χ0v) is 9.72. The van der Waals surface area contributed by atoms with Crippen LogP contribution in [0.5, 0.6) is 0 Å². The molecule has 2 heterocycles. The van der Waals surface area contributed by atoms with Gasteiger partial charge in [-0.25, -0.2) is 0 Å². The predicted octanol–water partition coefficient (Wildman–Crippen LogP) is -0.385. The number of likely N-dealkylation sites (N-methyl/N-ethyl adjacent to an activating group) is 1. The van der Waals surface area contributed by atoms with E-state index >= 15 is 0 Å². The molecule has 0 spiro atoms. The molecule has 6 nitrogen and oxygen atoms in total. The topological polar surface area (TPSA) is 80.5 Å². The van der Waals surface area contributed by atoms with Gasteiger partial charge in [0.2, 0.25) is 5.91 Å². The van der Waals surface area contributed by atoms with Crippen molar-refractivity contribution in [3.8, 4) is 0 Å². The Morgan fingerprint density at radius 1 is 1.71 bits per heavy atom. The van der Waals surface area contributed by atoms with Gasteiger partial charge in [0.05, 0.1) is 30.8 Å². The van der Waals surface area contributed by atoms with E-state index in [1.165, 1.54) is 0 Å². The summed E-state index contributed by atoms with van der Waals surface area (Å²) in [4.78, 5) is 17.7. The highest BCUT2D eigenvalue weighted by Crippen LogP contribution is 2.25. The molecule has 6 heteroatoms. The van der Waals surface area contributed by atoms with Crippen LogP contribution in [0.2, 0.25) is 0 Å². The fourth-order valence-electron chi connectivity index (χ4n) is 1.94. The fraction of sp³-hybridized carbons (Fsp3) is 0.455. The molecule has 92 valence electrons. The number of hydrogen-bond acceptors (Lipinski definition) is 5. The summed E-state index contributed by atoms with van der Waals surface area (Å²) < 4.78 is 5.34. The van der Waals surface area contributed by atoms with E-state index in [0.717, 1.165) is 5.69 Å². The summed E-state index contributed by atoms with van der Waals surface area (Å²) in [7, 11) is 1.62. The minimum absolute atomic E-state index is 0.0686. The average molecular weight is 236 g/mol. The number of carbonyl (C=O) groups excluding carboxylic acids is 1. The maximum Gasteiger partial charge on any atom is 0.244 e. The Labute approximate surface area is 99.8 Å². The molecule has 1 aliphatic rings. The molecule has 17 heavy (non-hydrogen) atoms. The van der Waals surface area contributed by atoms with Crippen molar-refractivity contribution in [3.63, 3.8) is 0 Å². The Morgan fingerprint density at radius 2 is 2.53 bits per heavy atom. The Hall–Kier alpha value is -1.82. The van der Waals surface area contributed by atoms with E-state index in [4.69, 9.17) is 10.5 Å². The Kier molecular flexibility index (Phi) is 3.43. The summed E-state index contributed by atoms with van der Waals surface area (Å²) in [6, 6.07) is 1.48. The van der Waals surface area contributed by atoms with Gasteiger partial charge in [0, 0.05) is 19.8 Å². The molecule has 3 N–H and O–H groups in total. The molecule has 0 aliphatic carbocycles. The molecule has 0 aromatic carbocycles. The average Bonchev–Trinajstić information content (AvgIpc) is 2.38. The van der Waals surface area contributed by atoms with Crippen LogP contribution in [0, 0.1) is 0 Å². The molecule has 0 radical (unpaired) electrons. The van der Waals surface area contributed by atoms with Crippen LogP contribution in [0.25, 0.3) is 0 Å². The van der Waals surface area contributed by atoms with Gasteiger partial charge in [-0.2, -0.15) is 0 Å². The molecule has 0 bridgehead atoms. The molecule has 1 fully saturated rings. The van der Waals surface area contributed by atoms with Crippen molar-refractivity contribution in [2.24, 2.45) is 0 Å². The number of carbonyl (C=O) groups is 1. The highest BCUT2D eigenvalue weighted by Gasteiger charge is 2.29. The number of nitrogens with zero attached hydrogens (tertiary/aromatic N) is 2. The van der Waals surface area contributed by atoms with Crippen molar-refractivity contribution >= 4 is 17.3 Å². The monoisotopic (exact) mass is 236 g/mol. The zero-order valence-electron chi connectivity index (χ0n) is 9.72. The Balaban J connectivity index is 2.28. The second kappa shape index (κ2) is 5.01. The lowest BCUT2D eigenvalue weighted by molar-refractivity contribution is -0.124. The summed E-state index contributed by atoms with van der Waals surface area (Å²) in [5, 5.41) is 2.64. The molecular weight excluding hydrogens is 220 g/mol. The van der Waals surface area contributed by atoms with Crippen molar-refractivity contribution in [2.45, 2.75) is 6.04 Å². The molecule has 2 rings (SSSR count). The van der Waals surface area contributed by atoms with E-state index in [9.17, 15) is 4.79 Å². The molecule has 1 aliphatic heterocycles. The largest absolute Gasteiger partial charge is 0.396 e. The maximum atomic E-state index is 11.8. The zero-order chi connectivity index (χ0) is 12.3. The number of rotatable bonds is 2. The first-order valence-corrected chi connectivity index (χ1v) is 5.49. The van der Waals surface area contributed by atoms with Crippen LogP contribution in [-0.2, 0) is 9.53 Å². The van der Waals surface area contributed by atoms with E-state index in [0.29, 0.717) is 25.4 Å². The minimum atomic E-state index is -0.335. The lowest BCUT2D eigenvalue weighted by Gasteiger charge is -2.36. The van der Waals surface area contributed by atoms with Gasteiger partial charge in [-0.3, -0.25) is 9.78 Å². The van der Waals surface area contributed by atoms with Gasteiger partial charge in [0.25, 0.3) is 0 Å². The van der Waals surface area contributed by atoms with E-state index < -0.39 is 0 Å². The maximum absolute atomic E-state index is 11.8. The lowest BCUT2D eigenvalue weighted by Crippen LogP contribution is -2.53. The molecule has 1 atom stereocenters. The van der Waals surface area contributed by atoms with Crippen molar-refractivity contribution < 1.29 is 9.53 Å². The molecule has 1 saturated heterocycles. The number of nitrogen functional groups attached to an aromatic ring is 1. The number of aromatic nitrogens is 1. The first-order valence-electron chi connectivity index (χ1n) is 5.49. The van der Waals surface area contributed by atoms with Gasteiger partial charge < -0.3 is 20.7 Å². The van der Waals surface area contributed by atoms with E-state index in [-0.39, 0.29) is 11.9 Å². The highest BCUT2D eigenvalue weighted by molar-refractivity contribution is 5.86. The van der Waals surface area contributed by atoms with Gasteiger partial charge >= 0.3 is 0 Å². The quantitative estimate of drug-likeness (QED) is 0.731. The lowest BCUT2D eigenvalue weighted by atomic mass is 10.1. The summed E-state index contributed by atoms with van der Waals surface area (Å²) >= 11 is 0. The van der Waals surface area contributed by atoms with E-state index in [1.54, 1.807) is 19.4 Å². The summed E-state index contributed by atoms with van der Waals surface area (Å²) in [5.74, 6) is -0.0686. The van der Waals surface area contributed by atoms with Gasteiger partial charge in [-0.15, -0.1) is 0 Å². The van der Waals surface area contributed by atoms with Crippen LogP contribution in [0.3, 0.4) is 0 Å². The van der Waals surface area contributed by atoms with E-state index in [2.05, 4.69) is 10.3 Å². The molecule has 1 unspecified atom stereocenters. The predicted molar refractivity (Wildman–Crippen MR) is 64.7 cm³/mol. The Morgan fingerprint density at radius 3 is 3.24 bits per heavy atom. The van der Waals surface area contributed by atoms with Gasteiger partial charge in [0.15, 0.2) is 0 Å². The number of ether oxygens (including phenoxy) is 1. The van der Waals surface area contributed by atoms with Crippen LogP contribution in [-0.4, -0.2) is 43.7 Å². The van der Waals surface area contributed by atoms with Crippen LogP contribution >= 0.6 is 0 Å². The number of morpholine rings is 1.